The maximum atomic E-state index is 13.1. The first-order chi connectivity index (χ1) is 17.1. The third kappa shape index (κ3) is 6.11. The predicted molar refractivity (Wildman–Crippen MR) is 142 cm³/mol. The van der Waals surface area contributed by atoms with Gasteiger partial charge >= 0.3 is 0 Å². The molecular formula is C28H30N4O2S. The van der Waals surface area contributed by atoms with E-state index in [1.54, 1.807) is 23.9 Å². The van der Waals surface area contributed by atoms with Gasteiger partial charge in [0.05, 0.1) is 23.1 Å². The van der Waals surface area contributed by atoms with Crippen LogP contribution in [0.5, 0.6) is 0 Å². The molecule has 0 aliphatic rings. The number of para-hydroxylation sites is 2. The monoisotopic (exact) mass is 486 g/mol. The third-order valence-electron chi connectivity index (χ3n) is 5.93. The van der Waals surface area contributed by atoms with Crippen LogP contribution in [0.1, 0.15) is 47.2 Å². The van der Waals surface area contributed by atoms with E-state index >= 15 is 0 Å². The minimum atomic E-state index is -0.332. The maximum absolute atomic E-state index is 13.1. The number of nitrogens with zero attached hydrogens (tertiary/aromatic N) is 2. The van der Waals surface area contributed by atoms with Crippen LogP contribution in [0.3, 0.4) is 0 Å². The molecule has 0 aliphatic carbocycles. The molecule has 2 amide bonds. The first-order valence-electron chi connectivity index (χ1n) is 11.7. The van der Waals surface area contributed by atoms with Crippen molar-refractivity contribution in [1.29, 1.82) is 0 Å². The van der Waals surface area contributed by atoms with Crippen molar-refractivity contribution in [2.75, 3.05) is 12.0 Å². The van der Waals surface area contributed by atoms with E-state index in [9.17, 15) is 9.59 Å². The summed E-state index contributed by atoms with van der Waals surface area (Å²) in [5.74, 6) is 1.27. The second-order valence-electron chi connectivity index (χ2n) is 8.42. The smallest absolute Gasteiger partial charge is 0.251 e. The fourth-order valence-corrected chi connectivity index (χ4v) is 4.59. The third-order valence-corrected chi connectivity index (χ3v) is 6.57. The first kappa shape index (κ1) is 24.5. The summed E-state index contributed by atoms with van der Waals surface area (Å²) in [6, 6.07) is 26.4. The Bertz CT molecular complexity index is 1270. The van der Waals surface area contributed by atoms with Gasteiger partial charge in [-0.2, -0.15) is 11.8 Å². The zero-order chi connectivity index (χ0) is 24.6. The van der Waals surface area contributed by atoms with E-state index in [0.717, 1.165) is 22.3 Å². The van der Waals surface area contributed by atoms with E-state index in [0.29, 0.717) is 17.8 Å². The van der Waals surface area contributed by atoms with Crippen LogP contribution < -0.4 is 10.6 Å². The summed E-state index contributed by atoms with van der Waals surface area (Å²) in [4.78, 5) is 31.0. The lowest BCUT2D eigenvalue weighted by Crippen LogP contribution is -2.34. The number of amides is 2. The highest BCUT2D eigenvalue weighted by Gasteiger charge is 2.24. The highest BCUT2D eigenvalue weighted by Crippen LogP contribution is 2.25. The topological polar surface area (TPSA) is 76.0 Å². The molecule has 0 bridgehead atoms. The van der Waals surface area contributed by atoms with Crippen LogP contribution in [0, 0.1) is 0 Å². The largest absolute Gasteiger partial charge is 0.348 e. The lowest BCUT2D eigenvalue weighted by molar-refractivity contribution is -0.122. The molecule has 4 rings (SSSR count). The fraction of sp³-hybridized carbons (Fsp3) is 0.250. The number of benzene rings is 3. The van der Waals surface area contributed by atoms with Gasteiger partial charge in [0.2, 0.25) is 5.91 Å². The van der Waals surface area contributed by atoms with Crippen LogP contribution in [0.4, 0.5) is 0 Å². The van der Waals surface area contributed by atoms with Crippen molar-refractivity contribution in [3.8, 4) is 0 Å². The van der Waals surface area contributed by atoms with E-state index in [2.05, 4.69) is 10.6 Å². The lowest BCUT2D eigenvalue weighted by atomic mass is 10.1. The second-order valence-corrected chi connectivity index (χ2v) is 9.40. The van der Waals surface area contributed by atoms with Gasteiger partial charge in [0.1, 0.15) is 12.4 Å². The number of hydrogen-bond acceptors (Lipinski definition) is 4. The normalized spacial score (nSPS) is 12.7. The molecule has 0 saturated carbocycles. The molecule has 1 heterocycles. The van der Waals surface area contributed by atoms with Crippen LogP contribution >= 0.6 is 11.8 Å². The minimum absolute atomic E-state index is 0.108. The Hall–Kier alpha value is -3.58. The van der Waals surface area contributed by atoms with Gasteiger partial charge in [-0.15, -0.1) is 0 Å². The molecule has 0 spiro atoms. The summed E-state index contributed by atoms with van der Waals surface area (Å²) < 4.78 is 1.93. The zero-order valence-corrected chi connectivity index (χ0v) is 20.8. The first-order valence-corrected chi connectivity index (χ1v) is 13.1. The summed E-state index contributed by atoms with van der Waals surface area (Å²) >= 11 is 1.71. The van der Waals surface area contributed by atoms with Gasteiger partial charge in [-0.1, -0.05) is 60.7 Å². The fourth-order valence-electron chi connectivity index (χ4n) is 4.11. The van der Waals surface area contributed by atoms with Crippen molar-refractivity contribution < 1.29 is 9.59 Å². The number of aromatic nitrogens is 2. The summed E-state index contributed by atoms with van der Waals surface area (Å²) in [7, 11) is 0. The Morgan fingerprint density at radius 1 is 0.914 bits per heavy atom. The lowest BCUT2D eigenvalue weighted by Gasteiger charge is -2.21. The van der Waals surface area contributed by atoms with Gasteiger partial charge in [0, 0.05) is 5.56 Å². The standard InChI is InChI=1S/C28H30N4O2S/c1-20(21-11-5-3-6-12-21)29-26(33)19-32-25-16-10-9-15-23(25)30-27(32)24(17-18-35-2)31-28(34)22-13-7-4-8-14-22/h3-16,20,24H,17-19H2,1-2H3,(H,29,33)(H,31,34)/t20-,24-/m0/s1. The molecule has 0 unspecified atom stereocenters. The molecule has 7 heteroatoms. The van der Waals surface area contributed by atoms with E-state index in [1.807, 2.05) is 90.5 Å². The summed E-state index contributed by atoms with van der Waals surface area (Å²) in [6.07, 6.45) is 2.74. The molecule has 6 nitrogen and oxygen atoms in total. The number of fused-ring (bicyclic) bond motifs is 1. The molecule has 0 fully saturated rings. The summed E-state index contributed by atoms with van der Waals surface area (Å²) in [5, 5.41) is 6.25. The molecule has 4 aromatic rings. The van der Waals surface area contributed by atoms with E-state index in [4.69, 9.17) is 4.98 Å². The van der Waals surface area contributed by atoms with Gasteiger partial charge in [-0.3, -0.25) is 9.59 Å². The number of hydrogen-bond donors (Lipinski definition) is 2. The molecular weight excluding hydrogens is 456 g/mol. The van der Waals surface area contributed by atoms with Crippen LogP contribution in [-0.2, 0) is 11.3 Å². The highest BCUT2D eigenvalue weighted by atomic mass is 32.2. The Balaban J connectivity index is 1.62. The van der Waals surface area contributed by atoms with Gasteiger partial charge < -0.3 is 15.2 Å². The number of rotatable bonds is 10. The molecule has 0 saturated heterocycles. The van der Waals surface area contributed by atoms with Gasteiger partial charge in [-0.05, 0) is 55.2 Å². The number of thioether (sulfide) groups is 1. The highest BCUT2D eigenvalue weighted by molar-refractivity contribution is 7.98. The van der Waals surface area contributed by atoms with Crippen molar-refractivity contribution in [2.45, 2.75) is 32.0 Å². The summed E-state index contributed by atoms with van der Waals surface area (Å²) in [5.41, 5.74) is 3.31. The number of nitrogens with one attached hydrogen (secondary N) is 2. The van der Waals surface area contributed by atoms with Crippen molar-refractivity contribution in [1.82, 2.24) is 20.2 Å². The number of imidazole rings is 1. The van der Waals surface area contributed by atoms with Crippen LogP contribution in [0.15, 0.2) is 84.9 Å². The molecule has 2 atom stereocenters. The van der Waals surface area contributed by atoms with Gasteiger partial charge in [-0.25, -0.2) is 4.98 Å². The van der Waals surface area contributed by atoms with E-state index < -0.39 is 0 Å². The average Bonchev–Trinajstić information content (AvgIpc) is 3.25. The number of carbonyl (C=O) groups is 2. The van der Waals surface area contributed by atoms with Crippen molar-refractivity contribution in [3.63, 3.8) is 0 Å². The van der Waals surface area contributed by atoms with E-state index in [1.165, 1.54) is 0 Å². The Labute approximate surface area is 210 Å². The quantitative estimate of drug-likeness (QED) is 0.326. The second kappa shape index (κ2) is 11.7. The SMILES string of the molecule is CSCC[C@H](NC(=O)c1ccccc1)c1nc2ccccc2n1CC(=O)N[C@@H](C)c1ccccc1. The van der Waals surface area contributed by atoms with Crippen LogP contribution in [-0.4, -0.2) is 33.4 Å². The predicted octanol–water partition coefficient (Wildman–Crippen LogP) is 5.14. The van der Waals surface area contributed by atoms with Gasteiger partial charge in [0.25, 0.3) is 5.91 Å². The molecule has 3 aromatic carbocycles. The molecule has 35 heavy (non-hydrogen) atoms. The van der Waals surface area contributed by atoms with Crippen LogP contribution in [0.2, 0.25) is 0 Å². The zero-order valence-electron chi connectivity index (χ0n) is 20.0. The van der Waals surface area contributed by atoms with E-state index in [-0.39, 0.29) is 30.4 Å². The van der Waals surface area contributed by atoms with Crippen molar-refractivity contribution in [2.24, 2.45) is 0 Å². The van der Waals surface area contributed by atoms with Gasteiger partial charge in [0.15, 0.2) is 0 Å². The Morgan fingerprint density at radius 2 is 1.57 bits per heavy atom. The van der Waals surface area contributed by atoms with Crippen molar-refractivity contribution >= 4 is 34.6 Å². The summed E-state index contributed by atoms with van der Waals surface area (Å²) in [6.45, 7) is 2.09. The minimum Gasteiger partial charge on any atom is -0.348 e. The number of carbonyl (C=O) groups excluding carboxylic acids is 2. The molecule has 0 radical (unpaired) electrons. The Morgan fingerprint density at radius 3 is 2.29 bits per heavy atom. The molecule has 0 aliphatic heterocycles. The molecule has 180 valence electrons. The average molecular weight is 487 g/mol. The Kier molecular flexibility index (Phi) is 8.21. The maximum Gasteiger partial charge on any atom is 0.251 e. The molecule has 2 N–H and O–H groups in total. The van der Waals surface area contributed by atoms with Crippen molar-refractivity contribution in [3.05, 3.63) is 102 Å². The van der Waals surface area contributed by atoms with Crippen LogP contribution in [0.25, 0.3) is 11.0 Å². The molecule has 1 aromatic heterocycles.